The molecule has 3 N–H and O–H groups in total. The molecule has 2 aromatic carbocycles. The van der Waals surface area contributed by atoms with E-state index in [-0.39, 0.29) is 27.9 Å². The molecule has 12 heteroatoms. The molecule has 2 atom stereocenters. The zero-order valence-electron chi connectivity index (χ0n) is 20.4. The van der Waals surface area contributed by atoms with Crippen LogP contribution in [0.4, 0.5) is 10.5 Å². The maximum atomic E-state index is 12.9. The van der Waals surface area contributed by atoms with E-state index in [1.54, 1.807) is 63.2 Å². The minimum Gasteiger partial charge on any atom is -0.480 e. The number of carboxylic acid groups (broad SMARTS) is 1. The number of nitrogens with one attached hydrogen (secondary N) is 2. The smallest absolute Gasteiger partial charge is 0.411 e. The lowest BCUT2D eigenvalue weighted by atomic mass is 10.0. The number of hydrogen-bond acceptors (Lipinski definition) is 6. The number of amides is 3. The average molecular weight is 568 g/mol. The second-order valence-electron chi connectivity index (χ2n) is 9.32. The number of aliphatic carboxylic acids is 1. The molecule has 0 aliphatic carbocycles. The van der Waals surface area contributed by atoms with E-state index < -0.39 is 41.6 Å². The van der Waals surface area contributed by atoms with Crippen molar-refractivity contribution in [1.29, 1.82) is 0 Å². The van der Waals surface area contributed by atoms with Gasteiger partial charge in [0.15, 0.2) is 0 Å². The molecule has 2 aromatic rings. The van der Waals surface area contributed by atoms with Gasteiger partial charge in [0, 0.05) is 17.9 Å². The standard InChI is InChI=1S/C25H27Cl2N3O6S/c1-25(2,3)36-24(35)30-13-37-12-19(30)21(31)29-18(23(33)34)11-14-7-9-15(10-8-14)28-22(32)20-16(26)5-4-6-17(20)27/h4-10,18-19H,11-13H2,1-3H3,(H,28,32)(H,29,31)(H,33,34)/t18-,19-/m0/s1. The number of carboxylic acids is 1. The van der Waals surface area contributed by atoms with Crippen LogP contribution in [0, 0.1) is 0 Å². The maximum Gasteiger partial charge on any atom is 0.411 e. The lowest BCUT2D eigenvalue weighted by Crippen LogP contribution is -2.53. The van der Waals surface area contributed by atoms with Crippen molar-refractivity contribution < 1.29 is 29.0 Å². The van der Waals surface area contributed by atoms with Crippen LogP contribution >= 0.6 is 35.0 Å². The second kappa shape index (κ2) is 12.1. The topological polar surface area (TPSA) is 125 Å². The molecule has 0 unspecified atom stereocenters. The third-order valence-corrected chi connectivity index (χ3v) is 6.91. The van der Waals surface area contributed by atoms with Gasteiger partial charge in [-0.2, -0.15) is 0 Å². The number of nitrogens with zero attached hydrogens (tertiary/aromatic N) is 1. The summed E-state index contributed by atoms with van der Waals surface area (Å²) in [6.07, 6.45) is -0.627. The second-order valence-corrected chi connectivity index (χ2v) is 11.1. The van der Waals surface area contributed by atoms with Crippen molar-refractivity contribution in [3.05, 3.63) is 63.6 Å². The van der Waals surface area contributed by atoms with Gasteiger partial charge in [-0.05, 0) is 50.6 Å². The quantitative estimate of drug-likeness (QED) is 0.444. The van der Waals surface area contributed by atoms with Crippen LogP contribution in [0.3, 0.4) is 0 Å². The number of rotatable bonds is 7. The Labute approximate surface area is 228 Å². The van der Waals surface area contributed by atoms with Gasteiger partial charge in [-0.1, -0.05) is 41.4 Å². The van der Waals surface area contributed by atoms with Crippen molar-refractivity contribution in [3.8, 4) is 0 Å². The number of hydrogen-bond donors (Lipinski definition) is 3. The van der Waals surface area contributed by atoms with E-state index >= 15 is 0 Å². The van der Waals surface area contributed by atoms with Gasteiger partial charge in [0.25, 0.3) is 5.91 Å². The third-order valence-electron chi connectivity index (χ3n) is 5.27. The fourth-order valence-corrected chi connectivity index (χ4v) is 5.21. The minimum atomic E-state index is -1.22. The van der Waals surface area contributed by atoms with Crippen LogP contribution in [-0.2, 0) is 20.7 Å². The molecule has 9 nitrogen and oxygen atoms in total. The molecule has 0 bridgehead atoms. The Morgan fingerprint density at radius 1 is 1.11 bits per heavy atom. The first-order valence-corrected chi connectivity index (χ1v) is 13.2. The monoisotopic (exact) mass is 567 g/mol. The predicted molar refractivity (Wildman–Crippen MR) is 143 cm³/mol. The van der Waals surface area contributed by atoms with Gasteiger partial charge in [0.1, 0.15) is 17.7 Å². The van der Waals surface area contributed by atoms with Crippen LogP contribution in [0.25, 0.3) is 0 Å². The van der Waals surface area contributed by atoms with Crippen LogP contribution < -0.4 is 10.6 Å². The van der Waals surface area contributed by atoms with E-state index in [4.69, 9.17) is 27.9 Å². The lowest BCUT2D eigenvalue weighted by molar-refractivity contribution is -0.142. The number of carbonyl (C=O) groups is 4. The van der Waals surface area contributed by atoms with E-state index in [0.717, 1.165) is 0 Å². The predicted octanol–water partition coefficient (Wildman–Crippen LogP) is 4.67. The van der Waals surface area contributed by atoms with Crippen molar-refractivity contribution in [2.45, 2.75) is 44.9 Å². The molecular formula is C25H27Cl2N3O6S. The molecule has 1 heterocycles. The van der Waals surface area contributed by atoms with Gasteiger partial charge in [-0.25, -0.2) is 9.59 Å². The van der Waals surface area contributed by atoms with E-state index in [1.807, 2.05) is 0 Å². The van der Waals surface area contributed by atoms with Gasteiger partial charge in [-0.15, -0.1) is 11.8 Å². The number of halogens is 2. The molecule has 1 fully saturated rings. The van der Waals surface area contributed by atoms with Crippen LogP contribution in [0.2, 0.25) is 10.0 Å². The normalized spacial score (nSPS) is 16.1. The number of carbonyl (C=O) groups excluding carboxylic acids is 3. The Kier molecular flexibility index (Phi) is 9.33. The first-order chi connectivity index (χ1) is 17.4. The minimum absolute atomic E-state index is 0.00204. The molecule has 0 saturated carbocycles. The number of benzene rings is 2. The van der Waals surface area contributed by atoms with Crippen molar-refractivity contribution in [1.82, 2.24) is 10.2 Å². The first kappa shape index (κ1) is 28.6. The van der Waals surface area contributed by atoms with Crippen LogP contribution in [0.5, 0.6) is 0 Å². The maximum absolute atomic E-state index is 12.9. The molecule has 0 aromatic heterocycles. The summed E-state index contributed by atoms with van der Waals surface area (Å²) in [5, 5.41) is 15.4. The molecule has 1 saturated heterocycles. The molecule has 37 heavy (non-hydrogen) atoms. The Balaban J connectivity index is 1.63. The van der Waals surface area contributed by atoms with Crippen molar-refractivity contribution in [2.24, 2.45) is 0 Å². The average Bonchev–Trinajstić information content (AvgIpc) is 3.29. The van der Waals surface area contributed by atoms with E-state index in [9.17, 15) is 24.3 Å². The summed E-state index contributed by atoms with van der Waals surface area (Å²) in [5.74, 6) is -1.65. The molecule has 3 amide bonds. The molecule has 198 valence electrons. The number of thioether (sulfide) groups is 1. The summed E-state index contributed by atoms with van der Waals surface area (Å²) >= 11 is 13.5. The summed E-state index contributed by atoms with van der Waals surface area (Å²) < 4.78 is 5.36. The fourth-order valence-electron chi connectivity index (χ4n) is 3.50. The highest BCUT2D eigenvalue weighted by atomic mass is 35.5. The SMILES string of the molecule is CC(C)(C)OC(=O)N1CSC[C@H]1C(=O)N[C@@H](Cc1ccc(NC(=O)c2c(Cl)cccc2Cl)cc1)C(=O)O. The summed E-state index contributed by atoms with van der Waals surface area (Å²) in [4.78, 5) is 51.1. The molecule has 3 rings (SSSR count). The molecule has 1 aliphatic heterocycles. The Morgan fingerprint density at radius 2 is 1.73 bits per heavy atom. The van der Waals surface area contributed by atoms with Crippen molar-refractivity contribution in [2.75, 3.05) is 16.9 Å². The van der Waals surface area contributed by atoms with E-state index in [2.05, 4.69) is 10.6 Å². The van der Waals surface area contributed by atoms with E-state index in [1.165, 1.54) is 16.7 Å². The molecule has 0 spiro atoms. The number of anilines is 1. The highest BCUT2D eigenvalue weighted by molar-refractivity contribution is 7.99. The highest BCUT2D eigenvalue weighted by Crippen LogP contribution is 2.26. The van der Waals surface area contributed by atoms with Crippen LogP contribution in [0.1, 0.15) is 36.7 Å². The van der Waals surface area contributed by atoms with Gasteiger partial charge in [0.05, 0.1) is 21.5 Å². The summed E-state index contributed by atoms with van der Waals surface area (Å²) in [7, 11) is 0. The summed E-state index contributed by atoms with van der Waals surface area (Å²) in [6.45, 7) is 5.19. The van der Waals surface area contributed by atoms with Gasteiger partial charge < -0.3 is 20.5 Å². The van der Waals surface area contributed by atoms with Crippen molar-refractivity contribution in [3.63, 3.8) is 0 Å². The third kappa shape index (κ3) is 7.77. The van der Waals surface area contributed by atoms with Crippen LogP contribution in [-0.4, -0.2) is 63.2 Å². The Morgan fingerprint density at radius 3 is 2.30 bits per heavy atom. The van der Waals surface area contributed by atoms with Gasteiger partial charge >= 0.3 is 12.1 Å². The first-order valence-electron chi connectivity index (χ1n) is 11.3. The fraction of sp³-hybridized carbons (Fsp3) is 0.360. The number of ether oxygens (including phenoxy) is 1. The molecule has 0 radical (unpaired) electrons. The van der Waals surface area contributed by atoms with Crippen molar-refractivity contribution >= 4 is 64.5 Å². The Bertz CT molecular complexity index is 1170. The Hall–Kier alpha value is -2.95. The largest absolute Gasteiger partial charge is 0.480 e. The molecular weight excluding hydrogens is 541 g/mol. The molecule has 1 aliphatic rings. The zero-order valence-corrected chi connectivity index (χ0v) is 22.7. The summed E-state index contributed by atoms with van der Waals surface area (Å²) in [6, 6.07) is 9.19. The van der Waals surface area contributed by atoms with E-state index in [0.29, 0.717) is 17.0 Å². The zero-order chi connectivity index (χ0) is 27.3. The lowest BCUT2D eigenvalue weighted by Gasteiger charge is -2.28. The summed E-state index contributed by atoms with van der Waals surface area (Å²) in [5.41, 5.74) is 0.497. The highest BCUT2D eigenvalue weighted by Gasteiger charge is 2.38. The van der Waals surface area contributed by atoms with Gasteiger partial charge in [-0.3, -0.25) is 14.5 Å². The van der Waals surface area contributed by atoms with Crippen LogP contribution in [0.15, 0.2) is 42.5 Å². The van der Waals surface area contributed by atoms with Gasteiger partial charge in [0.2, 0.25) is 5.91 Å².